The predicted molar refractivity (Wildman–Crippen MR) is 61.3 cm³/mol. The van der Waals surface area contributed by atoms with E-state index in [1.165, 1.54) is 13.1 Å². The molecule has 2 heterocycles. The zero-order valence-electron chi connectivity index (χ0n) is 10.5. The van der Waals surface area contributed by atoms with Gasteiger partial charge >= 0.3 is 0 Å². The van der Waals surface area contributed by atoms with Crippen molar-refractivity contribution < 1.29 is 4.57 Å². The van der Waals surface area contributed by atoms with Gasteiger partial charge in [-0.1, -0.05) is 0 Å². The molecule has 0 radical (unpaired) electrons. The van der Waals surface area contributed by atoms with Crippen molar-refractivity contribution in [2.45, 2.75) is 13.1 Å². The Kier molecular flexibility index (Phi) is 4.29. The molecule has 0 N–H and O–H groups in total. The Balaban J connectivity index is 0.000000151. The largest absolute Gasteiger partial charge is 0.290 e. The fourth-order valence-corrected chi connectivity index (χ4v) is 1.60. The van der Waals surface area contributed by atoms with E-state index in [1.807, 2.05) is 42.0 Å². The van der Waals surface area contributed by atoms with Gasteiger partial charge in [0.2, 0.25) is 6.33 Å². The van der Waals surface area contributed by atoms with Gasteiger partial charge in [-0.3, -0.25) is 9.80 Å². The van der Waals surface area contributed by atoms with Gasteiger partial charge in [0.25, 0.3) is 0 Å². The zero-order valence-corrected chi connectivity index (χ0v) is 10.5. The lowest BCUT2D eigenvalue weighted by molar-refractivity contribution is -0.670. The maximum Gasteiger partial charge on any atom is 0.243 e. The summed E-state index contributed by atoms with van der Waals surface area (Å²) in [6.07, 6.45) is 6.65. The van der Waals surface area contributed by atoms with Crippen LogP contribution in [0.4, 0.5) is 0 Å². The highest BCUT2D eigenvalue weighted by Crippen LogP contribution is 2.06. The number of aromatic nitrogens is 2. The molecule has 0 aromatic carbocycles. The summed E-state index contributed by atoms with van der Waals surface area (Å²) < 4.78 is 4.00. The molecule has 0 atom stereocenters. The second-order valence-corrected chi connectivity index (χ2v) is 4.34. The van der Waals surface area contributed by atoms with E-state index in [0.29, 0.717) is 6.17 Å². The molecule has 2 rings (SSSR count). The molecule has 1 aromatic heterocycles. The van der Waals surface area contributed by atoms with Gasteiger partial charge in [0, 0.05) is 13.1 Å². The van der Waals surface area contributed by atoms with Crippen LogP contribution in [0.25, 0.3) is 0 Å². The molecule has 1 saturated heterocycles. The van der Waals surface area contributed by atoms with E-state index >= 15 is 0 Å². The number of nitrogens with zero attached hydrogens (tertiary/aromatic N) is 4. The molecule has 0 spiro atoms. The summed E-state index contributed by atoms with van der Waals surface area (Å²) in [5.74, 6) is 0. The van der Waals surface area contributed by atoms with Crippen molar-refractivity contribution in [1.82, 2.24) is 14.4 Å². The van der Waals surface area contributed by atoms with Crippen LogP contribution in [0, 0.1) is 0 Å². The minimum atomic E-state index is 0.648. The average molecular weight is 211 g/mol. The van der Waals surface area contributed by atoms with E-state index in [2.05, 4.69) is 30.8 Å². The van der Waals surface area contributed by atoms with E-state index in [9.17, 15) is 0 Å². The Morgan fingerprint density at radius 1 is 1.13 bits per heavy atom. The molecule has 1 aromatic rings. The van der Waals surface area contributed by atoms with Crippen molar-refractivity contribution in [3.05, 3.63) is 18.7 Å². The van der Waals surface area contributed by atoms with Crippen LogP contribution in [-0.4, -0.2) is 47.7 Å². The number of hydrogen-bond donors (Lipinski definition) is 0. The normalized spacial score (nSPS) is 19.0. The minimum Gasteiger partial charge on any atom is -0.290 e. The summed E-state index contributed by atoms with van der Waals surface area (Å²) in [6, 6.07) is 0. The lowest BCUT2D eigenvalue weighted by Crippen LogP contribution is -2.30. The third kappa shape index (κ3) is 3.64. The monoisotopic (exact) mass is 211 g/mol. The first-order valence-corrected chi connectivity index (χ1v) is 5.38. The molecule has 86 valence electrons. The van der Waals surface area contributed by atoms with Crippen molar-refractivity contribution in [1.29, 1.82) is 0 Å². The summed E-state index contributed by atoms with van der Waals surface area (Å²) in [5, 5.41) is 0. The molecule has 0 unspecified atom stereocenters. The first-order valence-electron chi connectivity index (χ1n) is 5.38. The van der Waals surface area contributed by atoms with Gasteiger partial charge in [0.05, 0.1) is 20.3 Å². The maximum absolute atomic E-state index is 2.35. The number of aryl methyl sites for hydroxylation is 2. The summed E-state index contributed by atoms with van der Waals surface area (Å²) in [4.78, 5) is 4.69. The fourth-order valence-electron chi connectivity index (χ4n) is 1.60. The van der Waals surface area contributed by atoms with Crippen LogP contribution in [0.15, 0.2) is 18.7 Å². The van der Waals surface area contributed by atoms with Crippen LogP contribution in [0.1, 0.15) is 6.92 Å². The van der Waals surface area contributed by atoms with Gasteiger partial charge < -0.3 is 0 Å². The smallest absolute Gasteiger partial charge is 0.243 e. The molecule has 1 aliphatic heterocycles. The minimum absolute atomic E-state index is 0.648. The third-order valence-corrected chi connectivity index (χ3v) is 2.98. The van der Waals surface area contributed by atoms with E-state index in [-0.39, 0.29) is 0 Å². The summed E-state index contributed by atoms with van der Waals surface area (Å²) in [7, 11) is 8.32. The molecule has 15 heavy (non-hydrogen) atoms. The Hall–Kier alpha value is -0.870. The van der Waals surface area contributed by atoms with E-state index in [0.717, 1.165) is 0 Å². The topological polar surface area (TPSA) is 15.3 Å². The second kappa shape index (κ2) is 5.28. The highest BCUT2D eigenvalue weighted by molar-refractivity contribution is 4.71. The van der Waals surface area contributed by atoms with E-state index in [4.69, 9.17) is 0 Å². The van der Waals surface area contributed by atoms with Gasteiger partial charge in [0.1, 0.15) is 12.4 Å². The van der Waals surface area contributed by atoms with Crippen molar-refractivity contribution in [2.75, 3.05) is 27.2 Å². The van der Waals surface area contributed by atoms with Crippen LogP contribution in [-0.2, 0) is 14.1 Å². The lowest BCUT2D eigenvalue weighted by Gasteiger charge is -2.19. The second-order valence-electron chi connectivity index (χ2n) is 4.34. The molecule has 1 fully saturated rings. The van der Waals surface area contributed by atoms with Crippen LogP contribution in [0.2, 0.25) is 0 Å². The van der Waals surface area contributed by atoms with Crippen LogP contribution < -0.4 is 4.57 Å². The molecule has 0 amide bonds. The third-order valence-electron chi connectivity index (χ3n) is 2.98. The highest BCUT2D eigenvalue weighted by Gasteiger charge is 2.20. The van der Waals surface area contributed by atoms with Crippen molar-refractivity contribution in [3.8, 4) is 0 Å². The van der Waals surface area contributed by atoms with Gasteiger partial charge in [0.15, 0.2) is 0 Å². The fraction of sp³-hybridized carbons (Fsp3) is 0.727. The molecule has 0 saturated carbocycles. The zero-order chi connectivity index (χ0) is 11.4. The lowest BCUT2D eigenvalue weighted by atomic mass is 10.5. The Bertz CT molecular complexity index is 268. The standard InChI is InChI=1S/C6H14N2.C5H9N2/c1-6-7(2)4-5-8(6)3;1-6-3-4-7(2)5-6/h6H,4-5H2,1-3H3;3-5H,1-2H3/q;+1. The average Bonchev–Trinajstić information content (AvgIpc) is 2.68. The van der Waals surface area contributed by atoms with Gasteiger partial charge in [-0.15, -0.1) is 0 Å². The quantitative estimate of drug-likeness (QED) is 0.564. The summed E-state index contributed by atoms with van der Waals surface area (Å²) >= 11 is 0. The first kappa shape index (κ1) is 12.2. The number of imidazole rings is 1. The maximum atomic E-state index is 2.35. The number of likely N-dealkylation sites (N-methyl/N-ethyl adjacent to an activating group) is 2. The van der Waals surface area contributed by atoms with Crippen LogP contribution in [0.5, 0.6) is 0 Å². The van der Waals surface area contributed by atoms with Crippen LogP contribution in [0.3, 0.4) is 0 Å². The Morgan fingerprint density at radius 2 is 1.67 bits per heavy atom. The summed E-state index contributed by atoms with van der Waals surface area (Å²) in [5.41, 5.74) is 0. The predicted octanol–water partition coefficient (Wildman–Crippen LogP) is 0.0592. The van der Waals surface area contributed by atoms with Crippen LogP contribution >= 0.6 is 0 Å². The number of rotatable bonds is 0. The van der Waals surface area contributed by atoms with Gasteiger partial charge in [-0.05, 0) is 21.0 Å². The van der Waals surface area contributed by atoms with Crippen molar-refractivity contribution >= 4 is 0 Å². The Morgan fingerprint density at radius 3 is 1.80 bits per heavy atom. The SMILES string of the molecule is CC1N(C)CCN1C.Cn1cc[n+](C)c1. The molecule has 0 bridgehead atoms. The molecule has 4 nitrogen and oxygen atoms in total. The molecular formula is C11H23N4+. The van der Waals surface area contributed by atoms with Crippen molar-refractivity contribution in [3.63, 3.8) is 0 Å². The number of hydrogen-bond acceptors (Lipinski definition) is 2. The first-order chi connectivity index (χ1) is 7.00. The van der Waals surface area contributed by atoms with Gasteiger partial charge in [-0.25, -0.2) is 9.13 Å². The van der Waals surface area contributed by atoms with Gasteiger partial charge in [-0.2, -0.15) is 0 Å². The molecule has 0 aliphatic carbocycles. The molecular weight excluding hydrogens is 188 g/mol. The highest BCUT2D eigenvalue weighted by atomic mass is 15.4. The molecule has 4 heteroatoms. The van der Waals surface area contributed by atoms with E-state index in [1.54, 1.807) is 0 Å². The van der Waals surface area contributed by atoms with Crippen molar-refractivity contribution in [2.24, 2.45) is 14.1 Å². The molecule has 1 aliphatic rings. The Labute approximate surface area is 92.7 Å². The summed E-state index contributed by atoms with van der Waals surface area (Å²) in [6.45, 7) is 4.67. The van der Waals surface area contributed by atoms with E-state index < -0.39 is 0 Å².